The summed E-state index contributed by atoms with van der Waals surface area (Å²) in [5.41, 5.74) is 6.31. The van der Waals surface area contributed by atoms with E-state index >= 15 is 0 Å². The minimum atomic E-state index is -0.0930. The zero-order valence-electron chi connectivity index (χ0n) is 23.9. The lowest BCUT2D eigenvalue weighted by Crippen LogP contribution is -2.48. The van der Waals surface area contributed by atoms with Gasteiger partial charge in [-0.15, -0.1) is 10.2 Å². The van der Waals surface area contributed by atoms with E-state index < -0.39 is 0 Å². The van der Waals surface area contributed by atoms with Crippen LogP contribution in [0.3, 0.4) is 0 Å². The molecule has 4 fully saturated rings. The van der Waals surface area contributed by atoms with Gasteiger partial charge in [0, 0.05) is 10.2 Å². The van der Waals surface area contributed by atoms with Gasteiger partial charge in [0.1, 0.15) is 5.75 Å². The van der Waals surface area contributed by atoms with Gasteiger partial charge in [-0.25, -0.2) is 0 Å². The fourth-order valence-electron chi connectivity index (χ4n) is 8.20. The fourth-order valence-corrected chi connectivity index (χ4v) is 9.30. The minimum absolute atomic E-state index is 0.0930. The van der Waals surface area contributed by atoms with Crippen molar-refractivity contribution in [2.75, 3.05) is 11.1 Å². The first kappa shape index (κ1) is 27.7. The molecule has 0 saturated heterocycles. The predicted octanol–water partition coefficient (Wildman–Crippen LogP) is 8.22. The number of aromatic nitrogens is 3. The number of phenols is 1. The van der Waals surface area contributed by atoms with Gasteiger partial charge in [-0.1, -0.05) is 57.5 Å². The standard InChI is InChI=1S/C34H35BrN4O2S/c1-20-3-9-29(21(2)11-20)39-32(28-15-26(35)6-10-30(28)40)37-38-33(39)42-19-31(41)36-27-7-4-25(5-8-27)34-16-22-12-23(17-34)14-24(13-22)18-34/h3-11,15,22-24,40H,12-14,16-19H2,1-2H3,(H,36,41). The summed E-state index contributed by atoms with van der Waals surface area (Å²) in [7, 11) is 0. The van der Waals surface area contributed by atoms with E-state index in [-0.39, 0.29) is 17.4 Å². The van der Waals surface area contributed by atoms with E-state index in [2.05, 4.69) is 68.7 Å². The van der Waals surface area contributed by atoms with Crippen LogP contribution in [0.25, 0.3) is 17.1 Å². The lowest BCUT2D eigenvalue weighted by Gasteiger charge is -2.57. The summed E-state index contributed by atoms with van der Waals surface area (Å²) < 4.78 is 2.75. The van der Waals surface area contributed by atoms with Crippen molar-refractivity contribution in [2.45, 2.75) is 62.9 Å². The third kappa shape index (κ3) is 5.17. The van der Waals surface area contributed by atoms with E-state index in [1.54, 1.807) is 12.1 Å². The van der Waals surface area contributed by atoms with Crippen LogP contribution in [0, 0.1) is 31.6 Å². The molecule has 42 heavy (non-hydrogen) atoms. The number of nitrogens with zero attached hydrogens (tertiary/aromatic N) is 3. The SMILES string of the molecule is Cc1ccc(-n2c(SCC(=O)Nc3ccc(C45CC6CC(CC(C6)C4)C5)cc3)nnc2-c2cc(Br)ccc2O)c(C)c1. The van der Waals surface area contributed by atoms with Crippen LogP contribution in [-0.4, -0.2) is 31.5 Å². The van der Waals surface area contributed by atoms with Crippen LogP contribution in [0.4, 0.5) is 5.69 Å². The zero-order chi connectivity index (χ0) is 29.0. The zero-order valence-corrected chi connectivity index (χ0v) is 26.3. The van der Waals surface area contributed by atoms with Crippen LogP contribution in [0.1, 0.15) is 55.2 Å². The first-order valence-electron chi connectivity index (χ1n) is 14.8. The van der Waals surface area contributed by atoms with Gasteiger partial charge in [-0.3, -0.25) is 9.36 Å². The molecule has 1 amide bonds. The Morgan fingerprint density at radius 3 is 2.33 bits per heavy atom. The van der Waals surface area contributed by atoms with Crippen molar-refractivity contribution in [1.82, 2.24) is 14.8 Å². The average molecular weight is 644 g/mol. The van der Waals surface area contributed by atoms with Crippen LogP contribution in [0.5, 0.6) is 5.75 Å². The second-order valence-electron chi connectivity index (χ2n) is 12.7. The Labute approximate surface area is 259 Å². The number of halogens is 1. The summed E-state index contributed by atoms with van der Waals surface area (Å²) >= 11 is 4.84. The molecule has 4 aliphatic rings. The largest absolute Gasteiger partial charge is 0.507 e. The summed E-state index contributed by atoms with van der Waals surface area (Å²) in [5, 5.41) is 23.2. The number of aromatic hydroxyl groups is 1. The van der Waals surface area contributed by atoms with E-state index in [4.69, 9.17) is 0 Å². The van der Waals surface area contributed by atoms with E-state index in [9.17, 15) is 9.90 Å². The fraction of sp³-hybridized carbons (Fsp3) is 0.382. The molecule has 216 valence electrons. The molecule has 8 rings (SSSR count). The van der Waals surface area contributed by atoms with Crippen molar-refractivity contribution < 1.29 is 9.90 Å². The summed E-state index contributed by atoms with van der Waals surface area (Å²) in [6.45, 7) is 4.10. The van der Waals surface area contributed by atoms with Crippen molar-refractivity contribution in [2.24, 2.45) is 17.8 Å². The Bertz CT molecular complexity index is 1630. The Hall–Kier alpha value is -3.10. The molecular weight excluding hydrogens is 608 g/mol. The normalized spacial score (nSPS) is 24.2. The predicted molar refractivity (Wildman–Crippen MR) is 171 cm³/mol. The summed E-state index contributed by atoms with van der Waals surface area (Å²) in [5.74, 6) is 3.45. The molecular formula is C34H35BrN4O2S. The topological polar surface area (TPSA) is 80.0 Å². The lowest BCUT2D eigenvalue weighted by molar-refractivity contribution is -0.113. The summed E-state index contributed by atoms with van der Waals surface area (Å²) in [6, 6.07) is 20.1. The molecule has 3 aromatic carbocycles. The number of carbonyl (C=O) groups excluding carboxylic acids is 1. The maximum atomic E-state index is 13.1. The summed E-state index contributed by atoms with van der Waals surface area (Å²) in [4.78, 5) is 13.1. The highest BCUT2D eigenvalue weighted by Gasteiger charge is 2.51. The van der Waals surface area contributed by atoms with E-state index in [1.807, 2.05) is 29.7 Å². The van der Waals surface area contributed by atoms with Crippen molar-refractivity contribution in [1.29, 1.82) is 0 Å². The molecule has 4 saturated carbocycles. The van der Waals surface area contributed by atoms with Gasteiger partial charge in [0.05, 0.1) is 17.0 Å². The van der Waals surface area contributed by atoms with Crippen LogP contribution >= 0.6 is 27.7 Å². The molecule has 0 aliphatic heterocycles. The number of carbonyl (C=O) groups is 1. The number of nitrogens with one attached hydrogen (secondary N) is 1. The molecule has 4 aliphatic carbocycles. The second kappa shape index (κ2) is 10.9. The Kier molecular flexibility index (Phi) is 7.17. The first-order valence-corrected chi connectivity index (χ1v) is 16.6. The average Bonchev–Trinajstić information content (AvgIpc) is 3.36. The van der Waals surface area contributed by atoms with Crippen LogP contribution in [-0.2, 0) is 10.2 Å². The maximum Gasteiger partial charge on any atom is 0.234 e. The second-order valence-corrected chi connectivity index (χ2v) is 14.6. The molecule has 0 radical (unpaired) electrons. The van der Waals surface area contributed by atoms with Crippen LogP contribution in [0.2, 0.25) is 0 Å². The number of rotatable bonds is 7. The van der Waals surface area contributed by atoms with Gasteiger partial charge >= 0.3 is 0 Å². The number of anilines is 1. The molecule has 1 heterocycles. The molecule has 0 spiro atoms. The first-order chi connectivity index (χ1) is 20.3. The number of thioether (sulfide) groups is 1. The van der Waals surface area contributed by atoms with E-state index in [1.165, 1.54) is 55.9 Å². The van der Waals surface area contributed by atoms with Crippen molar-refractivity contribution in [3.63, 3.8) is 0 Å². The molecule has 1 aromatic heterocycles. The number of benzene rings is 3. The molecule has 0 atom stereocenters. The van der Waals surface area contributed by atoms with Crippen molar-refractivity contribution >= 4 is 39.3 Å². The Morgan fingerprint density at radius 1 is 0.976 bits per heavy atom. The number of hydrogen-bond donors (Lipinski definition) is 2. The molecule has 8 heteroatoms. The third-order valence-electron chi connectivity index (χ3n) is 9.58. The molecule has 0 unspecified atom stereocenters. The van der Waals surface area contributed by atoms with Crippen LogP contribution < -0.4 is 5.32 Å². The number of amides is 1. The quantitative estimate of drug-likeness (QED) is 0.199. The van der Waals surface area contributed by atoms with Gasteiger partial charge in [0.15, 0.2) is 11.0 Å². The molecule has 4 bridgehead atoms. The lowest BCUT2D eigenvalue weighted by atomic mass is 9.48. The van der Waals surface area contributed by atoms with Gasteiger partial charge in [-0.2, -0.15) is 0 Å². The molecule has 4 aromatic rings. The Morgan fingerprint density at radius 2 is 1.67 bits per heavy atom. The molecule has 6 nitrogen and oxygen atoms in total. The Balaban J connectivity index is 1.09. The highest BCUT2D eigenvalue weighted by Crippen LogP contribution is 2.60. The van der Waals surface area contributed by atoms with Gasteiger partial charge in [0.25, 0.3) is 0 Å². The van der Waals surface area contributed by atoms with Gasteiger partial charge in [0.2, 0.25) is 5.91 Å². The van der Waals surface area contributed by atoms with Crippen molar-refractivity contribution in [3.8, 4) is 22.8 Å². The smallest absolute Gasteiger partial charge is 0.234 e. The van der Waals surface area contributed by atoms with Gasteiger partial charge in [-0.05, 0) is 123 Å². The van der Waals surface area contributed by atoms with Crippen molar-refractivity contribution in [3.05, 3.63) is 81.8 Å². The maximum absolute atomic E-state index is 13.1. The van der Waals surface area contributed by atoms with Gasteiger partial charge < -0.3 is 10.4 Å². The number of hydrogen-bond acceptors (Lipinski definition) is 5. The summed E-state index contributed by atoms with van der Waals surface area (Å²) in [6.07, 6.45) is 8.32. The number of phenolic OH excluding ortho intramolecular Hbond substituents is 1. The van der Waals surface area contributed by atoms with Crippen LogP contribution in [0.15, 0.2) is 70.3 Å². The minimum Gasteiger partial charge on any atom is -0.507 e. The monoisotopic (exact) mass is 642 g/mol. The molecule has 2 N–H and O–H groups in total. The van der Waals surface area contributed by atoms with E-state index in [0.717, 1.165) is 44.7 Å². The van der Waals surface area contributed by atoms with E-state index in [0.29, 0.717) is 22.0 Å². The highest BCUT2D eigenvalue weighted by atomic mass is 79.9. The highest BCUT2D eigenvalue weighted by molar-refractivity contribution is 9.10. The number of aryl methyl sites for hydroxylation is 2. The third-order valence-corrected chi connectivity index (χ3v) is 11.0.